The third-order valence-electron chi connectivity index (χ3n) is 3.65. The molecule has 0 radical (unpaired) electrons. The molecule has 0 saturated heterocycles. The third-order valence-corrected chi connectivity index (χ3v) is 4.61. The lowest BCUT2D eigenvalue weighted by Gasteiger charge is -2.19. The zero-order valence-electron chi connectivity index (χ0n) is 10.0. The van der Waals surface area contributed by atoms with E-state index in [4.69, 9.17) is 10.7 Å². The van der Waals surface area contributed by atoms with Crippen molar-refractivity contribution in [2.75, 3.05) is 0 Å². The molecule has 2 unspecified atom stereocenters. The highest BCUT2D eigenvalue weighted by Crippen LogP contribution is 2.59. The van der Waals surface area contributed by atoms with Crippen LogP contribution in [0, 0.1) is 5.41 Å². The second kappa shape index (κ2) is 3.29. The van der Waals surface area contributed by atoms with E-state index < -0.39 is 0 Å². The van der Waals surface area contributed by atoms with Crippen LogP contribution in [-0.4, -0.2) is 4.98 Å². The quantitative estimate of drug-likeness (QED) is 0.856. The van der Waals surface area contributed by atoms with Crippen LogP contribution in [0.15, 0.2) is 5.38 Å². The average Bonchev–Trinajstić information content (AvgIpc) is 2.65. The van der Waals surface area contributed by atoms with Gasteiger partial charge in [0.15, 0.2) is 0 Å². The minimum absolute atomic E-state index is 0.256. The molecule has 1 aromatic rings. The molecule has 1 saturated carbocycles. The predicted octanol–water partition coefficient (Wildman–Crippen LogP) is 3.24. The Morgan fingerprint density at radius 1 is 1.67 bits per heavy atom. The van der Waals surface area contributed by atoms with Gasteiger partial charge in [-0.1, -0.05) is 20.8 Å². The summed E-state index contributed by atoms with van der Waals surface area (Å²) in [7, 11) is 0. The highest BCUT2D eigenvalue weighted by Gasteiger charge is 2.48. The first-order chi connectivity index (χ1) is 6.87. The molecule has 2 N–H and O–H groups in total. The van der Waals surface area contributed by atoms with Crippen molar-refractivity contribution in [1.29, 1.82) is 0 Å². The van der Waals surface area contributed by atoms with Crippen LogP contribution in [0.3, 0.4) is 0 Å². The molecule has 2 atom stereocenters. The minimum Gasteiger partial charge on any atom is -0.320 e. The first kappa shape index (κ1) is 11.1. The molecule has 0 spiro atoms. The fourth-order valence-electron chi connectivity index (χ4n) is 1.78. The van der Waals surface area contributed by atoms with E-state index in [2.05, 4.69) is 33.1 Å². The number of aromatic nitrogens is 1. The van der Waals surface area contributed by atoms with E-state index in [1.54, 1.807) is 11.3 Å². The van der Waals surface area contributed by atoms with Crippen molar-refractivity contribution < 1.29 is 0 Å². The molecule has 2 rings (SSSR count). The van der Waals surface area contributed by atoms with E-state index in [1.165, 1.54) is 11.4 Å². The monoisotopic (exact) mass is 224 g/mol. The summed E-state index contributed by atoms with van der Waals surface area (Å²) in [6.07, 6.45) is 2.21. The van der Waals surface area contributed by atoms with Gasteiger partial charge in [-0.05, 0) is 25.2 Å². The Labute approximate surface area is 95.9 Å². The number of rotatable bonds is 3. The molecule has 1 aromatic heterocycles. The number of nitrogens with zero attached hydrogens (tertiary/aromatic N) is 1. The largest absolute Gasteiger partial charge is 0.320 e. The van der Waals surface area contributed by atoms with Gasteiger partial charge in [0.2, 0.25) is 0 Å². The lowest BCUT2D eigenvalue weighted by Crippen LogP contribution is -2.32. The number of nitrogens with two attached hydrogens (primary N) is 1. The van der Waals surface area contributed by atoms with Gasteiger partial charge in [0.05, 0.1) is 16.2 Å². The standard InChI is InChI=1S/C12H20N2S/c1-5-12(4,13)9-7-15-10(14-9)8-6-11(8,2)3/h7-8H,5-6,13H2,1-4H3. The van der Waals surface area contributed by atoms with Gasteiger partial charge in [0, 0.05) is 11.3 Å². The van der Waals surface area contributed by atoms with Crippen molar-refractivity contribution in [1.82, 2.24) is 4.98 Å². The second-order valence-electron chi connectivity index (χ2n) is 5.59. The molecule has 84 valence electrons. The van der Waals surface area contributed by atoms with Gasteiger partial charge < -0.3 is 5.73 Å². The Balaban J connectivity index is 2.19. The van der Waals surface area contributed by atoms with Crippen molar-refractivity contribution in [3.63, 3.8) is 0 Å². The molecule has 1 fully saturated rings. The Morgan fingerprint density at radius 3 is 2.73 bits per heavy atom. The molecule has 0 aliphatic heterocycles. The molecule has 1 heterocycles. The zero-order valence-corrected chi connectivity index (χ0v) is 10.8. The molecule has 2 nitrogen and oxygen atoms in total. The number of hydrogen-bond acceptors (Lipinski definition) is 3. The van der Waals surface area contributed by atoms with Crippen LogP contribution in [0.5, 0.6) is 0 Å². The first-order valence-corrected chi connectivity index (χ1v) is 6.49. The van der Waals surface area contributed by atoms with Gasteiger partial charge in [0.1, 0.15) is 0 Å². The molecule has 1 aliphatic rings. The van der Waals surface area contributed by atoms with Gasteiger partial charge in [-0.2, -0.15) is 0 Å². The van der Waals surface area contributed by atoms with Crippen molar-refractivity contribution in [3.05, 3.63) is 16.1 Å². The highest BCUT2D eigenvalue weighted by atomic mass is 32.1. The second-order valence-corrected chi connectivity index (χ2v) is 6.48. The molecular formula is C12H20N2S. The molecular weight excluding hydrogens is 204 g/mol. The first-order valence-electron chi connectivity index (χ1n) is 5.61. The summed E-state index contributed by atoms with van der Waals surface area (Å²) in [5.41, 5.74) is 7.45. The van der Waals surface area contributed by atoms with E-state index >= 15 is 0 Å². The Kier molecular flexibility index (Phi) is 2.43. The average molecular weight is 224 g/mol. The van der Waals surface area contributed by atoms with Gasteiger partial charge in [-0.25, -0.2) is 4.98 Å². The fourth-order valence-corrected chi connectivity index (χ4v) is 3.05. The predicted molar refractivity (Wildman–Crippen MR) is 65.1 cm³/mol. The van der Waals surface area contributed by atoms with Crippen molar-refractivity contribution in [3.8, 4) is 0 Å². The zero-order chi connectivity index (χ0) is 11.3. The van der Waals surface area contributed by atoms with Crippen LogP contribution in [0.2, 0.25) is 0 Å². The van der Waals surface area contributed by atoms with Gasteiger partial charge in [-0.15, -0.1) is 11.3 Å². The van der Waals surface area contributed by atoms with Crippen LogP contribution in [-0.2, 0) is 5.54 Å². The molecule has 0 aromatic carbocycles. The lowest BCUT2D eigenvalue weighted by atomic mass is 9.97. The summed E-state index contributed by atoms with van der Waals surface area (Å²) in [5, 5.41) is 3.41. The Bertz CT molecular complexity index is 365. The van der Waals surface area contributed by atoms with Crippen LogP contribution in [0.1, 0.15) is 57.2 Å². The number of thiazole rings is 1. The molecule has 3 heteroatoms. The maximum atomic E-state index is 6.18. The van der Waals surface area contributed by atoms with Crippen LogP contribution < -0.4 is 5.73 Å². The van der Waals surface area contributed by atoms with Crippen molar-refractivity contribution in [2.45, 2.75) is 52.0 Å². The van der Waals surface area contributed by atoms with Gasteiger partial charge in [-0.3, -0.25) is 0 Å². The molecule has 1 aliphatic carbocycles. The SMILES string of the molecule is CCC(C)(N)c1csc(C2CC2(C)C)n1. The Morgan fingerprint density at radius 2 is 2.27 bits per heavy atom. The van der Waals surface area contributed by atoms with Gasteiger partial charge in [0.25, 0.3) is 0 Å². The third kappa shape index (κ3) is 1.95. The van der Waals surface area contributed by atoms with E-state index in [-0.39, 0.29) is 5.54 Å². The summed E-state index contributed by atoms with van der Waals surface area (Å²) in [6.45, 7) is 8.78. The van der Waals surface area contributed by atoms with E-state index in [1.807, 2.05) is 0 Å². The van der Waals surface area contributed by atoms with E-state index in [9.17, 15) is 0 Å². The van der Waals surface area contributed by atoms with Crippen molar-refractivity contribution in [2.24, 2.45) is 11.1 Å². The van der Waals surface area contributed by atoms with E-state index in [0.717, 1.165) is 12.1 Å². The minimum atomic E-state index is -0.256. The molecule has 0 bridgehead atoms. The molecule has 15 heavy (non-hydrogen) atoms. The van der Waals surface area contributed by atoms with Crippen LogP contribution in [0.4, 0.5) is 0 Å². The lowest BCUT2D eigenvalue weighted by molar-refractivity contribution is 0.462. The highest BCUT2D eigenvalue weighted by molar-refractivity contribution is 7.09. The normalized spacial score (nSPS) is 27.4. The van der Waals surface area contributed by atoms with Crippen LogP contribution >= 0.6 is 11.3 Å². The topological polar surface area (TPSA) is 38.9 Å². The van der Waals surface area contributed by atoms with Crippen molar-refractivity contribution >= 4 is 11.3 Å². The maximum Gasteiger partial charge on any atom is 0.0965 e. The molecule has 0 amide bonds. The number of hydrogen-bond donors (Lipinski definition) is 1. The summed E-state index contributed by atoms with van der Waals surface area (Å²) in [6, 6.07) is 0. The van der Waals surface area contributed by atoms with Gasteiger partial charge >= 0.3 is 0 Å². The maximum absolute atomic E-state index is 6.18. The Hall–Kier alpha value is -0.410. The van der Waals surface area contributed by atoms with E-state index in [0.29, 0.717) is 11.3 Å². The van der Waals surface area contributed by atoms with Crippen LogP contribution in [0.25, 0.3) is 0 Å². The summed E-state index contributed by atoms with van der Waals surface area (Å²) >= 11 is 1.77. The smallest absolute Gasteiger partial charge is 0.0965 e. The summed E-state index contributed by atoms with van der Waals surface area (Å²) < 4.78 is 0. The summed E-state index contributed by atoms with van der Waals surface area (Å²) in [4.78, 5) is 4.70. The summed E-state index contributed by atoms with van der Waals surface area (Å²) in [5.74, 6) is 0.670. The fraction of sp³-hybridized carbons (Fsp3) is 0.750.